The third kappa shape index (κ3) is 8.05. The second-order valence-corrected chi connectivity index (χ2v) is 7.62. The molecule has 1 fully saturated rings. The molecule has 0 unspecified atom stereocenters. The van der Waals surface area contributed by atoms with Gasteiger partial charge in [-0.15, -0.1) is 24.0 Å². The topological polar surface area (TPSA) is 74.8 Å². The molecular formula is C24H33IN4O2. The highest BCUT2D eigenvalue weighted by Gasteiger charge is 2.22. The maximum atomic E-state index is 12.3. The first-order valence-corrected chi connectivity index (χ1v) is 10.6. The molecule has 0 heterocycles. The van der Waals surface area contributed by atoms with Gasteiger partial charge in [-0.05, 0) is 54.7 Å². The lowest BCUT2D eigenvalue weighted by atomic mass is 10.1. The Morgan fingerprint density at radius 1 is 1.06 bits per heavy atom. The van der Waals surface area contributed by atoms with Crippen molar-refractivity contribution in [3.8, 4) is 5.75 Å². The summed E-state index contributed by atoms with van der Waals surface area (Å²) in [5.74, 6) is 1.93. The SMILES string of the molecule is CN=C(NCCc1ccc(OC)cc1)NCc1cccc(NC(=O)C2CCCC2)c1.I. The van der Waals surface area contributed by atoms with Crippen LogP contribution in [0, 0.1) is 5.92 Å². The highest BCUT2D eigenvalue weighted by atomic mass is 127. The van der Waals surface area contributed by atoms with Crippen molar-refractivity contribution in [3.63, 3.8) is 0 Å². The minimum absolute atomic E-state index is 0. The predicted molar refractivity (Wildman–Crippen MR) is 137 cm³/mol. The monoisotopic (exact) mass is 536 g/mol. The fourth-order valence-electron chi connectivity index (χ4n) is 3.72. The van der Waals surface area contributed by atoms with Crippen molar-refractivity contribution in [2.24, 2.45) is 10.9 Å². The molecule has 0 radical (unpaired) electrons. The van der Waals surface area contributed by atoms with Gasteiger partial charge in [-0.25, -0.2) is 0 Å². The van der Waals surface area contributed by atoms with Crippen LogP contribution in [-0.2, 0) is 17.8 Å². The van der Waals surface area contributed by atoms with E-state index in [2.05, 4.69) is 33.1 Å². The second kappa shape index (κ2) is 13.2. The molecule has 1 aliphatic rings. The van der Waals surface area contributed by atoms with Gasteiger partial charge in [-0.1, -0.05) is 37.1 Å². The van der Waals surface area contributed by atoms with E-state index < -0.39 is 0 Å². The second-order valence-electron chi connectivity index (χ2n) is 7.62. The Morgan fingerprint density at radius 2 is 1.81 bits per heavy atom. The summed E-state index contributed by atoms with van der Waals surface area (Å²) in [6.45, 7) is 1.42. The number of rotatable bonds is 8. The van der Waals surface area contributed by atoms with Crippen molar-refractivity contribution < 1.29 is 9.53 Å². The molecule has 3 rings (SSSR count). The first kappa shape index (κ1) is 25.0. The van der Waals surface area contributed by atoms with Crippen molar-refractivity contribution in [1.82, 2.24) is 10.6 Å². The summed E-state index contributed by atoms with van der Waals surface area (Å²) in [7, 11) is 3.44. The fourth-order valence-corrected chi connectivity index (χ4v) is 3.72. The van der Waals surface area contributed by atoms with Gasteiger partial charge in [0.1, 0.15) is 5.75 Å². The molecule has 2 aromatic carbocycles. The number of ether oxygens (including phenoxy) is 1. The van der Waals surface area contributed by atoms with Gasteiger partial charge in [0.05, 0.1) is 7.11 Å². The number of aliphatic imine (C=N–C) groups is 1. The largest absolute Gasteiger partial charge is 0.497 e. The van der Waals surface area contributed by atoms with E-state index >= 15 is 0 Å². The molecule has 0 bridgehead atoms. The van der Waals surface area contributed by atoms with Crippen LogP contribution < -0.4 is 20.7 Å². The highest BCUT2D eigenvalue weighted by molar-refractivity contribution is 14.0. The van der Waals surface area contributed by atoms with Crippen LogP contribution in [0.25, 0.3) is 0 Å². The predicted octanol–water partition coefficient (Wildman–Crippen LogP) is 4.35. The number of hydrogen-bond acceptors (Lipinski definition) is 3. The van der Waals surface area contributed by atoms with Crippen LogP contribution in [-0.4, -0.2) is 32.6 Å². The lowest BCUT2D eigenvalue weighted by molar-refractivity contribution is -0.119. The van der Waals surface area contributed by atoms with E-state index in [1.54, 1.807) is 14.2 Å². The molecule has 31 heavy (non-hydrogen) atoms. The summed E-state index contributed by atoms with van der Waals surface area (Å²) in [4.78, 5) is 16.6. The summed E-state index contributed by atoms with van der Waals surface area (Å²) in [6.07, 6.45) is 5.23. The van der Waals surface area contributed by atoms with Crippen molar-refractivity contribution >= 4 is 41.5 Å². The van der Waals surface area contributed by atoms with Gasteiger partial charge < -0.3 is 20.7 Å². The van der Waals surface area contributed by atoms with E-state index in [0.717, 1.165) is 61.6 Å². The van der Waals surface area contributed by atoms with Gasteiger partial charge in [-0.2, -0.15) is 0 Å². The van der Waals surface area contributed by atoms with Crippen LogP contribution in [0.2, 0.25) is 0 Å². The summed E-state index contributed by atoms with van der Waals surface area (Å²) in [5.41, 5.74) is 3.19. The van der Waals surface area contributed by atoms with E-state index in [4.69, 9.17) is 4.74 Å². The Morgan fingerprint density at radius 3 is 2.48 bits per heavy atom. The normalized spacial score (nSPS) is 13.9. The van der Waals surface area contributed by atoms with Crippen molar-refractivity contribution in [1.29, 1.82) is 0 Å². The molecule has 2 aromatic rings. The molecule has 0 saturated heterocycles. The average Bonchev–Trinajstić information content (AvgIpc) is 3.32. The highest BCUT2D eigenvalue weighted by Crippen LogP contribution is 2.26. The number of nitrogens with one attached hydrogen (secondary N) is 3. The van der Waals surface area contributed by atoms with E-state index in [9.17, 15) is 4.79 Å². The van der Waals surface area contributed by atoms with Crippen LogP contribution in [0.15, 0.2) is 53.5 Å². The number of carbonyl (C=O) groups excluding carboxylic acids is 1. The van der Waals surface area contributed by atoms with E-state index in [0.29, 0.717) is 6.54 Å². The number of hydrogen-bond donors (Lipinski definition) is 3. The first-order valence-electron chi connectivity index (χ1n) is 10.6. The minimum Gasteiger partial charge on any atom is -0.497 e. The Labute approximate surface area is 202 Å². The third-order valence-electron chi connectivity index (χ3n) is 5.47. The standard InChI is InChI=1S/C24H32N4O2.HI/c1-25-24(26-15-14-18-10-12-22(30-2)13-11-18)27-17-19-6-5-9-21(16-19)28-23(29)20-7-3-4-8-20;/h5-6,9-13,16,20H,3-4,7-8,14-15,17H2,1-2H3,(H,28,29)(H2,25,26,27);1H. The van der Waals surface area contributed by atoms with E-state index in [1.807, 2.05) is 36.4 Å². The number of nitrogens with zero attached hydrogens (tertiary/aromatic N) is 1. The number of anilines is 1. The number of halogens is 1. The van der Waals surface area contributed by atoms with Gasteiger partial charge in [-0.3, -0.25) is 9.79 Å². The maximum Gasteiger partial charge on any atom is 0.227 e. The molecule has 168 valence electrons. The Balaban J connectivity index is 0.00000341. The summed E-state index contributed by atoms with van der Waals surface area (Å²) < 4.78 is 5.19. The van der Waals surface area contributed by atoms with Gasteiger partial charge in [0.2, 0.25) is 5.91 Å². The average molecular weight is 536 g/mol. The van der Waals surface area contributed by atoms with Gasteiger partial charge in [0.15, 0.2) is 5.96 Å². The Bertz CT molecular complexity index is 849. The van der Waals surface area contributed by atoms with Crippen LogP contribution in [0.1, 0.15) is 36.8 Å². The van der Waals surface area contributed by atoms with Crippen molar-refractivity contribution in [2.45, 2.75) is 38.6 Å². The molecule has 1 amide bonds. The zero-order valence-electron chi connectivity index (χ0n) is 18.3. The van der Waals surface area contributed by atoms with Gasteiger partial charge in [0.25, 0.3) is 0 Å². The maximum absolute atomic E-state index is 12.3. The zero-order chi connectivity index (χ0) is 21.2. The van der Waals surface area contributed by atoms with Crippen LogP contribution in [0.5, 0.6) is 5.75 Å². The lowest BCUT2D eigenvalue weighted by Gasteiger charge is -2.14. The molecule has 1 aliphatic carbocycles. The number of guanidine groups is 1. The van der Waals surface area contributed by atoms with Gasteiger partial charge >= 0.3 is 0 Å². The lowest BCUT2D eigenvalue weighted by Crippen LogP contribution is -2.37. The first-order chi connectivity index (χ1) is 14.7. The summed E-state index contributed by atoms with van der Waals surface area (Å²) in [5, 5.41) is 9.74. The minimum atomic E-state index is 0. The smallest absolute Gasteiger partial charge is 0.227 e. The molecule has 3 N–H and O–H groups in total. The quantitative estimate of drug-likeness (QED) is 0.267. The number of benzene rings is 2. The molecule has 0 atom stereocenters. The third-order valence-corrected chi connectivity index (χ3v) is 5.47. The molecule has 7 heteroatoms. The number of amides is 1. The van der Waals surface area contributed by atoms with Gasteiger partial charge in [0, 0.05) is 31.7 Å². The van der Waals surface area contributed by atoms with Crippen LogP contribution >= 0.6 is 24.0 Å². The zero-order valence-corrected chi connectivity index (χ0v) is 20.6. The van der Waals surface area contributed by atoms with E-state index in [1.165, 1.54) is 5.56 Å². The van der Waals surface area contributed by atoms with Crippen molar-refractivity contribution in [3.05, 3.63) is 59.7 Å². The van der Waals surface area contributed by atoms with Crippen molar-refractivity contribution in [2.75, 3.05) is 26.0 Å². The van der Waals surface area contributed by atoms with Crippen LogP contribution in [0.4, 0.5) is 5.69 Å². The summed E-state index contributed by atoms with van der Waals surface area (Å²) >= 11 is 0. The molecule has 6 nitrogen and oxygen atoms in total. The molecule has 0 aliphatic heterocycles. The molecular weight excluding hydrogens is 503 g/mol. The summed E-state index contributed by atoms with van der Waals surface area (Å²) in [6, 6.07) is 16.1. The molecule has 0 spiro atoms. The van der Waals surface area contributed by atoms with E-state index in [-0.39, 0.29) is 35.8 Å². The molecule has 0 aromatic heterocycles. The fraction of sp³-hybridized carbons (Fsp3) is 0.417. The Kier molecular flexibility index (Phi) is 10.6. The Hall–Kier alpha value is -2.29. The molecule has 1 saturated carbocycles. The van der Waals surface area contributed by atoms with Crippen LogP contribution in [0.3, 0.4) is 0 Å². The number of carbonyl (C=O) groups is 1. The number of methoxy groups -OCH3 is 1.